The SMILES string of the molecule is O=c1c2ccc(OCc3ccccc3)cc2ccn1CCO. The van der Waals surface area contributed by atoms with Crippen molar-refractivity contribution >= 4 is 10.8 Å². The lowest BCUT2D eigenvalue weighted by atomic mass is 10.1. The highest BCUT2D eigenvalue weighted by Crippen LogP contribution is 2.19. The van der Waals surface area contributed by atoms with Crippen molar-refractivity contribution in [3.63, 3.8) is 0 Å². The van der Waals surface area contributed by atoms with Gasteiger partial charge in [-0.1, -0.05) is 30.3 Å². The minimum Gasteiger partial charge on any atom is -0.489 e. The number of rotatable bonds is 5. The average Bonchev–Trinajstić information content (AvgIpc) is 2.56. The number of hydrogen-bond donors (Lipinski definition) is 1. The van der Waals surface area contributed by atoms with Crippen LogP contribution in [0.3, 0.4) is 0 Å². The molecule has 0 aliphatic carbocycles. The van der Waals surface area contributed by atoms with Crippen LogP contribution in [0.25, 0.3) is 10.8 Å². The van der Waals surface area contributed by atoms with Crippen LogP contribution >= 0.6 is 0 Å². The molecule has 0 bridgehead atoms. The first-order valence-corrected chi connectivity index (χ1v) is 7.19. The van der Waals surface area contributed by atoms with E-state index in [1.54, 1.807) is 18.3 Å². The van der Waals surface area contributed by atoms with Gasteiger partial charge in [0.2, 0.25) is 0 Å². The summed E-state index contributed by atoms with van der Waals surface area (Å²) in [5, 5.41) is 10.4. The lowest BCUT2D eigenvalue weighted by Crippen LogP contribution is -2.20. The van der Waals surface area contributed by atoms with Gasteiger partial charge in [0.15, 0.2) is 0 Å². The Kier molecular flexibility index (Phi) is 4.21. The van der Waals surface area contributed by atoms with E-state index in [1.165, 1.54) is 4.57 Å². The second-order valence-corrected chi connectivity index (χ2v) is 5.06. The lowest BCUT2D eigenvalue weighted by Gasteiger charge is -2.09. The molecule has 112 valence electrons. The van der Waals surface area contributed by atoms with Gasteiger partial charge < -0.3 is 14.4 Å². The van der Waals surface area contributed by atoms with E-state index >= 15 is 0 Å². The summed E-state index contributed by atoms with van der Waals surface area (Å²) in [5.74, 6) is 0.732. The fraction of sp³-hybridized carbons (Fsp3) is 0.167. The van der Waals surface area contributed by atoms with Crippen LogP contribution in [0.1, 0.15) is 5.56 Å². The predicted octanol–water partition coefficient (Wildman–Crippen LogP) is 2.57. The number of fused-ring (bicyclic) bond motifs is 1. The Balaban J connectivity index is 1.84. The summed E-state index contributed by atoms with van der Waals surface area (Å²) in [6, 6.07) is 17.2. The molecule has 1 aromatic heterocycles. The number of hydrogen-bond acceptors (Lipinski definition) is 3. The van der Waals surface area contributed by atoms with Gasteiger partial charge in [-0.15, -0.1) is 0 Å². The number of aliphatic hydroxyl groups excluding tert-OH is 1. The van der Waals surface area contributed by atoms with Crippen LogP contribution in [-0.2, 0) is 13.2 Å². The monoisotopic (exact) mass is 295 g/mol. The summed E-state index contributed by atoms with van der Waals surface area (Å²) < 4.78 is 7.28. The predicted molar refractivity (Wildman–Crippen MR) is 86.1 cm³/mol. The standard InChI is InChI=1S/C18H17NO3/c20-11-10-19-9-8-15-12-16(6-7-17(15)18(19)21)22-13-14-4-2-1-3-5-14/h1-9,12,20H,10-11,13H2. The molecule has 0 aliphatic rings. The number of aromatic nitrogens is 1. The van der Waals surface area contributed by atoms with Crippen LogP contribution in [-0.4, -0.2) is 16.3 Å². The summed E-state index contributed by atoms with van der Waals surface area (Å²) >= 11 is 0. The second kappa shape index (κ2) is 6.45. The molecular weight excluding hydrogens is 278 g/mol. The van der Waals surface area contributed by atoms with Crippen LogP contribution < -0.4 is 10.3 Å². The third kappa shape index (κ3) is 3.02. The van der Waals surface area contributed by atoms with E-state index in [2.05, 4.69) is 0 Å². The normalized spacial score (nSPS) is 10.8. The maximum Gasteiger partial charge on any atom is 0.258 e. The van der Waals surface area contributed by atoms with E-state index < -0.39 is 0 Å². The summed E-state index contributed by atoms with van der Waals surface area (Å²) in [5.41, 5.74) is 1.00. The van der Waals surface area contributed by atoms with Gasteiger partial charge in [-0.25, -0.2) is 0 Å². The minimum absolute atomic E-state index is 0.0519. The van der Waals surface area contributed by atoms with Crippen molar-refractivity contribution < 1.29 is 9.84 Å². The topological polar surface area (TPSA) is 51.5 Å². The number of pyridine rings is 1. The fourth-order valence-corrected chi connectivity index (χ4v) is 2.38. The Bertz CT molecular complexity index is 825. The largest absolute Gasteiger partial charge is 0.489 e. The van der Waals surface area contributed by atoms with E-state index in [4.69, 9.17) is 9.84 Å². The fourth-order valence-electron chi connectivity index (χ4n) is 2.38. The zero-order valence-corrected chi connectivity index (χ0v) is 12.1. The van der Waals surface area contributed by atoms with Crippen LogP contribution in [0.15, 0.2) is 65.6 Å². The summed E-state index contributed by atoms with van der Waals surface area (Å²) in [6.07, 6.45) is 1.70. The van der Waals surface area contributed by atoms with Gasteiger partial charge in [0.05, 0.1) is 6.61 Å². The molecule has 0 radical (unpaired) electrons. The number of ether oxygens (including phenoxy) is 1. The summed E-state index contributed by atoms with van der Waals surface area (Å²) in [6.45, 7) is 0.749. The first-order chi connectivity index (χ1) is 10.8. The van der Waals surface area contributed by atoms with Gasteiger partial charge in [0.1, 0.15) is 12.4 Å². The Morgan fingerprint density at radius 3 is 2.64 bits per heavy atom. The van der Waals surface area contributed by atoms with E-state index in [1.807, 2.05) is 42.5 Å². The molecule has 3 aromatic rings. The van der Waals surface area contributed by atoms with Crippen LogP contribution in [0, 0.1) is 0 Å². The molecule has 0 saturated carbocycles. The molecule has 4 heteroatoms. The average molecular weight is 295 g/mol. The lowest BCUT2D eigenvalue weighted by molar-refractivity contribution is 0.274. The highest BCUT2D eigenvalue weighted by molar-refractivity contribution is 5.82. The van der Waals surface area contributed by atoms with Crippen LogP contribution in [0.5, 0.6) is 5.75 Å². The smallest absolute Gasteiger partial charge is 0.258 e. The molecular formula is C18H17NO3. The minimum atomic E-state index is -0.0961. The summed E-state index contributed by atoms with van der Waals surface area (Å²) in [4.78, 5) is 12.2. The van der Waals surface area contributed by atoms with E-state index in [9.17, 15) is 4.79 Å². The number of nitrogens with zero attached hydrogens (tertiary/aromatic N) is 1. The maximum absolute atomic E-state index is 12.2. The molecule has 0 amide bonds. The Labute approximate surface area is 128 Å². The molecule has 0 fully saturated rings. The van der Waals surface area contributed by atoms with Crippen molar-refractivity contribution in [3.05, 3.63) is 76.7 Å². The quantitative estimate of drug-likeness (QED) is 0.787. The Hall–Kier alpha value is -2.59. The molecule has 4 nitrogen and oxygen atoms in total. The van der Waals surface area contributed by atoms with Gasteiger partial charge in [-0.05, 0) is 35.2 Å². The summed E-state index contributed by atoms with van der Waals surface area (Å²) in [7, 11) is 0. The molecule has 3 rings (SSSR count). The van der Waals surface area contributed by atoms with Gasteiger partial charge in [0.25, 0.3) is 5.56 Å². The van der Waals surface area contributed by atoms with Gasteiger partial charge in [0, 0.05) is 18.1 Å². The molecule has 1 N–H and O–H groups in total. The van der Waals surface area contributed by atoms with Gasteiger partial charge in [-0.2, -0.15) is 0 Å². The van der Waals surface area contributed by atoms with Crippen molar-refractivity contribution in [3.8, 4) is 5.75 Å². The number of aliphatic hydroxyl groups is 1. The molecule has 0 saturated heterocycles. The molecule has 1 heterocycles. The first-order valence-electron chi connectivity index (χ1n) is 7.19. The molecule has 0 spiro atoms. The highest BCUT2D eigenvalue weighted by atomic mass is 16.5. The van der Waals surface area contributed by atoms with Crippen molar-refractivity contribution in [2.24, 2.45) is 0 Å². The third-order valence-electron chi connectivity index (χ3n) is 3.54. The molecule has 22 heavy (non-hydrogen) atoms. The zero-order valence-electron chi connectivity index (χ0n) is 12.1. The van der Waals surface area contributed by atoms with E-state index in [0.29, 0.717) is 18.5 Å². The van der Waals surface area contributed by atoms with Crippen LogP contribution in [0.2, 0.25) is 0 Å². The molecule has 2 aromatic carbocycles. The van der Waals surface area contributed by atoms with Crippen LogP contribution in [0.4, 0.5) is 0 Å². The van der Waals surface area contributed by atoms with Crippen molar-refractivity contribution in [2.45, 2.75) is 13.2 Å². The zero-order chi connectivity index (χ0) is 15.4. The number of benzene rings is 2. The van der Waals surface area contributed by atoms with Crippen molar-refractivity contribution in [1.82, 2.24) is 4.57 Å². The highest BCUT2D eigenvalue weighted by Gasteiger charge is 2.04. The second-order valence-electron chi connectivity index (χ2n) is 5.06. The van der Waals surface area contributed by atoms with Crippen molar-refractivity contribution in [1.29, 1.82) is 0 Å². The van der Waals surface area contributed by atoms with E-state index in [0.717, 1.165) is 16.7 Å². The molecule has 0 atom stereocenters. The Morgan fingerprint density at radius 2 is 1.86 bits per heavy atom. The van der Waals surface area contributed by atoms with Gasteiger partial charge >= 0.3 is 0 Å². The van der Waals surface area contributed by atoms with E-state index in [-0.39, 0.29) is 12.2 Å². The molecule has 0 unspecified atom stereocenters. The third-order valence-corrected chi connectivity index (χ3v) is 3.54. The maximum atomic E-state index is 12.2. The molecule has 0 aliphatic heterocycles. The van der Waals surface area contributed by atoms with Crippen molar-refractivity contribution in [2.75, 3.05) is 6.61 Å². The Morgan fingerprint density at radius 1 is 1.05 bits per heavy atom. The first kappa shape index (κ1) is 14.4. The van der Waals surface area contributed by atoms with Gasteiger partial charge in [-0.3, -0.25) is 4.79 Å².